The summed E-state index contributed by atoms with van der Waals surface area (Å²) in [5.41, 5.74) is 5.53. The molecular weight excluding hydrogens is 1040 g/mol. The zero-order valence-electron chi connectivity index (χ0n) is 44.3. The number of carbonyl (C=O) groups is 13. The van der Waals surface area contributed by atoms with Crippen LogP contribution in [0.1, 0.15) is 104 Å². The van der Waals surface area contributed by atoms with Crippen molar-refractivity contribution >= 4 is 89.3 Å². The molecule has 0 saturated carbocycles. The quantitative estimate of drug-likeness (QED) is 0.0117. The van der Waals surface area contributed by atoms with Crippen molar-refractivity contribution in [1.82, 2.24) is 31.9 Å². The van der Waals surface area contributed by atoms with Crippen molar-refractivity contribution in [3.05, 3.63) is 71.8 Å². The van der Waals surface area contributed by atoms with E-state index in [2.05, 4.69) is 44.5 Å². The molecule has 0 spiro atoms. The largest absolute Gasteiger partial charge is 0.481 e. The van der Waals surface area contributed by atoms with Crippen molar-refractivity contribution in [3.8, 4) is 0 Å². The standard InChI is InChI=1S/C52H71N7O18S/c1-51(2,3)76-44(67)20-19-42(75-29-60)59-50(74)58-35(48(72)77-52(4,5)6)17-18-40(63)54-22-21-41(64)56-36(24-31-15-11-8-12-16-31)38(61)25-32(23-30-13-9-7-10-14-30)45(68)55-28-34(53)46(69)57-37(27-43(65)66)39(62)26-33(47(70)71)49(73)78/h7-16,29,32-37,42H,17-28,53H2,1-6H3,(H,54,63)(H,55,68)(H,56,64)(H,57,69)(H,65,66)(H,70,71)(H,73,78)(H2,58,59,74)/t32-,33?,34+,35+,36+,37?,42-/m1/s1. The molecule has 0 heterocycles. The number of nitrogens with two attached hydrogens (primary N) is 1. The lowest BCUT2D eigenvalue weighted by atomic mass is 9.89. The number of aliphatic carboxylic acids is 2. The summed E-state index contributed by atoms with van der Waals surface area (Å²) in [7, 11) is 0. The van der Waals surface area contributed by atoms with Crippen molar-refractivity contribution in [1.29, 1.82) is 0 Å². The number of rotatable bonds is 34. The third-order valence-corrected chi connectivity index (χ3v) is 11.3. The van der Waals surface area contributed by atoms with Gasteiger partial charge in [0.15, 0.2) is 17.8 Å². The van der Waals surface area contributed by atoms with Gasteiger partial charge in [-0.25, -0.2) is 9.59 Å². The molecule has 2 aromatic rings. The molecule has 26 heteroatoms. The second-order valence-electron chi connectivity index (χ2n) is 20.0. The third-order valence-electron chi connectivity index (χ3n) is 10.9. The molecule has 0 bridgehead atoms. The summed E-state index contributed by atoms with van der Waals surface area (Å²) in [4.78, 5) is 165. The Kier molecular flexibility index (Phi) is 27.9. The number of carbonyl (C=O) groups excluding carboxylic acids is 11. The average molecular weight is 1110 g/mol. The van der Waals surface area contributed by atoms with Crippen LogP contribution in [0.2, 0.25) is 0 Å². The number of thiol groups is 1. The molecule has 7 atom stereocenters. The maximum absolute atomic E-state index is 14.2. The highest BCUT2D eigenvalue weighted by Gasteiger charge is 2.34. The first kappa shape index (κ1) is 66.4. The number of amides is 6. The Hall–Kier alpha value is -7.74. The number of Topliss-reactive ketones (excluding diaryl/α,β-unsaturated/α-hetero) is 2. The summed E-state index contributed by atoms with van der Waals surface area (Å²) < 4.78 is 15.6. The van der Waals surface area contributed by atoms with Crippen molar-refractivity contribution in [2.24, 2.45) is 17.6 Å². The number of benzene rings is 2. The molecule has 10 N–H and O–H groups in total. The smallest absolute Gasteiger partial charge is 0.329 e. The minimum atomic E-state index is -1.92. The van der Waals surface area contributed by atoms with Gasteiger partial charge in [0.2, 0.25) is 28.7 Å². The van der Waals surface area contributed by atoms with E-state index in [1.54, 1.807) is 102 Å². The molecule has 0 radical (unpaired) electrons. The number of hydrogen-bond donors (Lipinski definition) is 10. The van der Waals surface area contributed by atoms with E-state index in [0.29, 0.717) is 11.1 Å². The fourth-order valence-electron chi connectivity index (χ4n) is 7.20. The average Bonchev–Trinajstić information content (AvgIpc) is 3.33. The number of ether oxygens (including phenoxy) is 3. The lowest BCUT2D eigenvalue weighted by molar-refractivity contribution is -0.157. The van der Waals surface area contributed by atoms with Crippen LogP contribution in [0.15, 0.2) is 60.7 Å². The van der Waals surface area contributed by atoms with Gasteiger partial charge >= 0.3 is 29.9 Å². The molecule has 2 unspecified atom stereocenters. The van der Waals surface area contributed by atoms with Gasteiger partial charge in [0, 0.05) is 51.1 Å². The second kappa shape index (κ2) is 32.8. The number of esters is 2. The molecule has 0 aromatic heterocycles. The number of ketones is 2. The fraction of sp³-hybridized carbons (Fsp3) is 0.519. The number of hydrogen-bond acceptors (Lipinski definition) is 17. The Bertz CT molecular complexity index is 2420. The Morgan fingerprint density at radius 1 is 0.628 bits per heavy atom. The summed E-state index contributed by atoms with van der Waals surface area (Å²) in [6.07, 6.45) is -5.07. The van der Waals surface area contributed by atoms with E-state index >= 15 is 0 Å². The molecule has 25 nitrogen and oxygen atoms in total. The van der Waals surface area contributed by atoms with Crippen LogP contribution in [0.25, 0.3) is 0 Å². The lowest BCUT2D eigenvalue weighted by Gasteiger charge is -2.25. The van der Waals surface area contributed by atoms with Gasteiger partial charge in [-0.15, -0.1) is 12.6 Å². The van der Waals surface area contributed by atoms with Crippen LogP contribution in [-0.2, 0) is 84.6 Å². The number of nitrogens with one attached hydrogen (secondary N) is 6. The fourth-order valence-corrected chi connectivity index (χ4v) is 7.40. The summed E-state index contributed by atoms with van der Waals surface area (Å²) >= 11 is 3.46. The number of carboxylic acids is 2. The van der Waals surface area contributed by atoms with Crippen LogP contribution in [0, 0.1) is 11.8 Å². The Balaban J connectivity index is 2.17. The van der Waals surface area contributed by atoms with Crippen LogP contribution >= 0.6 is 12.6 Å². The van der Waals surface area contributed by atoms with Gasteiger partial charge in [0.05, 0.1) is 24.9 Å². The molecule has 0 fully saturated rings. The summed E-state index contributed by atoms with van der Waals surface area (Å²) in [6.45, 7) is 9.01. The maximum atomic E-state index is 14.2. The van der Waals surface area contributed by atoms with Gasteiger partial charge in [0.1, 0.15) is 29.2 Å². The van der Waals surface area contributed by atoms with Gasteiger partial charge < -0.3 is 62.1 Å². The van der Waals surface area contributed by atoms with E-state index in [4.69, 9.17) is 19.9 Å². The lowest BCUT2D eigenvalue weighted by Crippen LogP contribution is -2.53. The topological polar surface area (TPSA) is 388 Å². The Morgan fingerprint density at radius 2 is 1.21 bits per heavy atom. The zero-order valence-corrected chi connectivity index (χ0v) is 45.2. The van der Waals surface area contributed by atoms with Crippen LogP contribution < -0.4 is 37.6 Å². The van der Waals surface area contributed by atoms with Gasteiger partial charge in [-0.3, -0.25) is 52.7 Å². The highest BCUT2D eigenvalue weighted by atomic mass is 32.1. The first-order valence-electron chi connectivity index (χ1n) is 24.8. The highest BCUT2D eigenvalue weighted by Crippen LogP contribution is 2.18. The molecule has 2 rings (SSSR count). The van der Waals surface area contributed by atoms with Crippen LogP contribution in [0.3, 0.4) is 0 Å². The van der Waals surface area contributed by atoms with Gasteiger partial charge in [-0.05, 0) is 71.9 Å². The molecule has 0 aliphatic heterocycles. The molecular formula is C52H71N7O18S. The molecule has 78 heavy (non-hydrogen) atoms. The maximum Gasteiger partial charge on any atom is 0.329 e. The van der Waals surface area contributed by atoms with Crippen LogP contribution in [0.5, 0.6) is 0 Å². The van der Waals surface area contributed by atoms with Crippen LogP contribution in [0.4, 0.5) is 4.79 Å². The first-order chi connectivity index (χ1) is 36.5. The first-order valence-corrected chi connectivity index (χ1v) is 25.2. The minimum absolute atomic E-state index is 0.00159. The van der Waals surface area contributed by atoms with Crippen molar-refractivity contribution < 1.29 is 86.8 Å². The van der Waals surface area contributed by atoms with Crippen molar-refractivity contribution in [3.63, 3.8) is 0 Å². The van der Waals surface area contributed by atoms with Gasteiger partial charge in [-0.1, -0.05) is 60.7 Å². The number of carboxylic acid groups (broad SMARTS) is 2. The van der Waals surface area contributed by atoms with E-state index in [-0.39, 0.29) is 58.0 Å². The van der Waals surface area contributed by atoms with Crippen LogP contribution in [-0.4, -0.2) is 142 Å². The zero-order chi connectivity index (χ0) is 58.8. The van der Waals surface area contributed by atoms with Gasteiger partial charge in [-0.2, -0.15) is 0 Å². The van der Waals surface area contributed by atoms with E-state index in [1.165, 1.54) is 0 Å². The molecule has 0 aliphatic rings. The molecule has 0 saturated heterocycles. The van der Waals surface area contributed by atoms with E-state index < -0.39 is 149 Å². The summed E-state index contributed by atoms with van der Waals surface area (Å²) in [5, 5.41) is 32.1. The third kappa shape index (κ3) is 27.3. The highest BCUT2D eigenvalue weighted by molar-refractivity contribution is 7.96. The second-order valence-corrected chi connectivity index (χ2v) is 20.4. The van der Waals surface area contributed by atoms with Crippen molar-refractivity contribution in [2.75, 3.05) is 13.1 Å². The number of urea groups is 1. The van der Waals surface area contributed by atoms with E-state index in [9.17, 15) is 72.5 Å². The summed E-state index contributed by atoms with van der Waals surface area (Å²) in [5.74, 6) is -12.6. The predicted octanol–water partition coefficient (Wildman–Crippen LogP) is 0.968. The molecule has 0 aliphatic carbocycles. The molecule has 6 amide bonds. The van der Waals surface area contributed by atoms with Crippen molar-refractivity contribution in [2.45, 2.75) is 147 Å². The molecule has 2 aromatic carbocycles. The summed E-state index contributed by atoms with van der Waals surface area (Å²) in [6, 6.07) is 10.2. The Labute approximate surface area is 456 Å². The normalized spacial score (nSPS) is 13.9. The monoisotopic (exact) mass is 1110 g/mol. The molecule has 428 valence electrons. The van der Waals surface area contributed by atoms with E-state index in [1.807, 2.05) is 0 Å². The predicted molar refractivity (Wildman–Crippen MR) is 279 cm³/mol. The minimum Gasteiger partial charge on any atom is -0.481 e. The van der Waals surface area contributed by atoms with E-state index in [0.717, 1.165) is 0 Å². The Morgan fingerprint density at radius 3 is 1.74 bits per heavy atom. The van der Waals surface area contributed by atoms with Gasteiger partial charge in [0.25, 0.3) is 6.47 Å². The SMILES string of the molecule is CC(C)(C)OC(=O)CC[C@H](NC(=O)N[C@@H](CCC(=O)NCCC(=O)N[C@@H](Cc1ccccc1)C(=O)C[C@@H](Cc1ccccc1)C(=O)NC[C@H](N)C(=O)NC(CC(=O)O)C(=O)CC(C(=O)O)C(=O)S)C(=O)OC(C)(C)C)OC=O.